The van der Waals surface area contributed by atoms with E-state index in [9.17, 15) is 4.79 Å². The molecule has 0 saturated carbocycles. The lowest BCUT2D eigenvalue weighted by Gasteiger charge is -2.01. The van der Waals surface area contributed by atoms with Gasteiger partial charge in [-0.25, -0.2) is 0 Å². The van der Waals surface area contributed by atoms with Crippen molar-refractivity contribution >= 4 is 0 Å². The number of nitrogens with one attached hydrogen (secondary N) is 1. The topological polar surface area (TPSA) is 79.1 Å². The lowest BCUT2D eigenvalue weighted by atomic mass is 10.2. The van der Waals surface area contributed by atoms with Crippen molar-refractivity contribution in [3.63, 3.8) is 0 Å². The summed E-state index contributed by atoms with van der Waals surface area (Å²) in [7, 11) is 0. The second kappa shape index (κ2) is 2.75. The molecular weight excluding hydrogens is 144 g/mol. The Kier molecular flexibility index (Phi) is 1.96. The van der Waals surface area contributed by atoms with Crippen LogP contribution in [-0.2, 0) is 6.54 Å². The monoisotopic (exact) mass is 154 g/mol. The minimum atomic E-state index is -0.385. The van der Waals surface area contributed by atoms with Crippen LogP contribution < -0.4 is 11.2 Å². The molecule has 0 aromatic carbocycles. The number of hydrogen-bond acceptors (Lipinski definition) is 3. The Morgan fingerprint density at radius 1 is 1.73 bits per heavy atom. The molecule has 0 aliphatic rings. The molecule has 0 aliphatic heterocycles. The van der Waals surface area contributed by atoms with Gasteiger partial charge in [0.2, 0.25) is 5.43 Å². The van der Waals surface area contributed by atoms with E-state index < -0.39 is 0 Å². The summed E-state index contributed by atoms with van der Waals surface area (Å²) in [5.41, 5.74) is 6.04. The fourth-order valence-electron chi connectivity index (χ4n) is 0.900. The maximum atomic E-state index is 11.1. The molecule has 0 bridgehead atoms. The van der Waals surface area contributed by atoms with E-state index in [4.69, 9.17) is 10.8 Å². The summed E-state index contributed by atoms with van der Waals surface area (Å²) in [5, 5.41) is 8.96. The smallest absolute Gasteiger partial charge is 0.227 e. The number of rotatable bonds is 1. The number of aromatic nitrogens is 1. The van der Waals surface area contributed by atoms with Gasteiger partial charge >= 0.3 is 0 Å². The van der Waals surface area contributed by atoms with Crippen LogP contribution in [0.4, 0.5) is 0 Å². The van der Waals surface area contributed by atoms with Gasteiger partial charge < -0.3 is 15.8 Å². The summed E-state index contributed by atoms with van der Waals surface area (Å²) in [6, 6.07) is 0. The number of H-pyrrole nitrogens is 1. The highest BCUT2D eigenvalue weighted by molar-refractivity contribution is 5.27. The predicted octanol–water partition coefficient (Wildman–Crippen LogP) is -0.152. The first-order valence-electron chi connectivity index (χ1n) is 3.27. The Balaban J connectivity index is 3.41. The average molecular weight is 154 g/mol. The number of aromatic hydroxyl groups is 1. The molecule has 1 aromatic rings. The van der Waals surface area contributed by atoms with Crippen LogP contribution in [0.2, 0.25) is 0 Å². The molecule has 0 atom stereocenters. The number of hydrogen-bond donors (Lipinski definition) is 3. The van der Waals surface area contributed by atoms with Crippen LogP contribution in [0.25, 0.3) is 0 Å². The zero-order valence-electron chi connectivity index (χ0n) is 6.22. The van der Waals surface area contributed by atoms with Crippen molar-refractivity contribution in [2.75, 3.05) is 0 Å². The minimum absolute atomic E-state index is 0.148. The Labute approximate surface area is 63.7 Å². The summed E-state index contributed by atoms with van der Waals surface area (Å²) in [5.74, 6) is -0.281. The van der Waals surface area contributed by atoms with Crippen LogP contribution in [0, 0.1) is 6.92 Å². The van der Waals surface area contributed by atoms with Crippen LogP contribution in [0.1, 0.15) is 11.3 Å². The van der Waals surface area contributed by atoms with Gasteiger partial charge in [-0.3, -0.25) is 4.79 Å². The third-order valence-corrected chi connectivity index (χ3v) is 1.59. The van der Waals surface area contributed by atoms with Crippen molar-refractivity contribution in [3.8, 4) is 5.75 Å². The lowest BCUT2D eigenvalue weighted by molar-refractivity contribution is 0.466. The number of nitrogens with two attached hydrogens (primary N) is 1. The highest BCUT2D eigenvalue weighted by Crippen LogP contribution is 2.03. The van der Waals surface area contributed by atoms with Crippen LogP contribution in [0.3, 0.4) is 0 Å². The highest BCUT2D eigenvalue weighted by Gasteiger charge is 2.04. The van der Waals surface area contributed by atoms with Crippen LogP contribution >= 0.6 is 0 Å². The van der Waals surface area contributed by atoms with Gasteiger partial charge in [-0.15, -0.1) is 0 Å². The molecule has 4 N–H and O–H groups in total. The Hall–Kier alpha value is -1.29. The zero-order valence-corrected chi connectivity index (χ0v) is 6.22. The van der Waals surface area contributed by atoms with Gasteiger partial charge in [0.25, 0.3) is 0 Å². The molecule has 1 rings (SSSR count). The maximum Gasteiger partial charge on any atom is 0.227 e. The Morgan fingerprint density at radius 2 is 2.36 bits per heavy atom. The number of aryl methyl sites for hydroxylation is 1. The van der Waals surface area contributed by atoms with E-state index in [0.29, 0.717) is 11.3 Å². The summed E-state index contributed by atoms with van der Waals surface area (Å²) >= 11 is 0. The fourth-order valence-corrected chi connectivity index (χ4v) is 0.900. The minimum Gasteiger partial charge on any atom is -0.503 e. The maximum absolute atomic E-state index is 11.1. The van der Waals surface area contributed by atoms with E-state index in [1.807, 2.05) is 0 Å². The van der Waals surface area contributed by atoms with Gasteiger partial charge in [0.1, 0.15) is 0 Å². The van der Waals surface area contributed by atoms with Gasteiger partial charge in [-0.05, 0) is 6.92 Å². The summed E-state index contributed by atoms with van der Waals surface area (Å²) < 4.78 is 0. The fraction of sp³-hybridized carbons (Fsp3) is 0.286. The number of pyridine rings is 1. The summed E-state index contributed by atoms with van der Waals surface area (Å²) in [4.78, 5) is 13.8. The molecule has 60 valence electrons. The largest absolute Gasteiger partial charge is 0.503 e. The van der Waals surface area contributed by atoms with Gasteiger partial charge in [0.05, 0.1) is 0 Å². The first kappa shape index (κ1) is 7.81. The third kappa shape index (κ3) is 1.25. The quantitative estimate of drug-likeness (QED) is 0.526. The molecule has 0 spiro atoms. The molecular formula is C7H10N2O2. The molecule has 1 aromatic heterocycles. The predicted molar refractivity (Wildman–Crippen MR) is 41.4 cm³/mol. The first-order chi connectivity index (χ1) is 5.16. The molecule has 0 fully saturated rings. The van der Waals surface area contributed by atoms with Crippen molar-refractivity contribution in [1.82, 2.24) is 4.98 Å². The number of aromatic amines is 1. The van der Waals surface area contributed by atoms with E-state index in [2.05, 4.69) is 4.98 Å². The Bertz CT molecular complexity index is 317. The molecule has 0 unspecified atom stereocenters. The van der Waals surface area contributed by atoms with Gasteiger partial charge in [0.15, 0.2) is 5.75 Å². The van der Waals surface area contributed by atoms with Crippen molar-refractivity contribution in [1.29, 1.82) is 0 Å². The van der Waals surface area contributed by atoms with E-state index in [-0.39, 0.29) is 17.7 Å². The van der Waals surface area contributed by atoms with Crippen LogP contribution in [0.15, 0.2) is 11.0 Å². The summed E-state index contributed by atoms with van der Waals surface area (Å²) in [6.07, 6.45) is 1.26. The van der Waals surface area contributed by atoms with Gasteiger partial charge in [-0.2, -0.15) is 0 Å². The molecule has 11 heavy (non-hydrogen) atoms. The molecule has 1 heterocycles. The third-order valence-electron chi connectivity index (χ3n) is 1.59. The molecule has 4 nitrogen and oxygen atoms in total. The van der Waals surface area contributed by atoms with Crippen molar-refractivity contribution in [2.45, 2.75) is 13.5 Å². The highest BCUT2D eigenvalue weighted by atomic mass is 16.3. The van der Waals surface area contributed by atoms with Crippen LogP contribution in [-0.4, -0.2) is 10.1 Å². The molecule has 0 saturated heterocycles. The van der Waals surface area contributed by atoms with E-state index >= 15 is 0 Å². The lowest BCUT2D eigenvalue weighted by Crippen LogP contribution is -2.15. The SMILES string of the molecule is Cc1[nH]cc(O)c(=O)c1CN. The second-order valence-electron chi connectivity index (χ2n) is 2.31. The van der Waals surface area contributed by atoms with Crippen LogP contribution in [0.5, 0.6) is 5.75 Å². The normalized spacial score (nSPS) is 10.0. The van der Waals surface area contributed by atoms with E-state index in [1.165, 1.54) is 6.20 Å². The standard InChI is InChI=1S/C7H10N2O2/c1-4-5(2-8)7(11)6(10)3-9-4/h3,10H,2,8H2,1H3,(H,9,11). The van der Waals surface area contributed by atoms with Gasteiger partial charge in [-0.1, -0.05) is 0 Å². The van der Waals surface area contributed by atoms with Crippen molar-refractivity contribution < 1.29 is 5.11 Å². The molecule has 0 aliphatic carbocycles. The van der Waals surface area contributed by atoms with E-state index in [0.717, 1.165) is 0 Å². The molecule has 0 radical (unpaired) electrons. The van der Waals surface area contributed by atoms with Crippen molar-refractivity contribution in [3.05, 3.63) is 27.7 Å². The summed E-state index contributed by atoms with van der Waals surface area (Å²) in [6.45, 7) is 1.89. The first-order valence-corrected chi connectivity index (χ1v) is 3.27. The van der Waals surface area contributed by atoms with Crippen molar-refractivity contribution in [2.24, 2.45) is 5.73 Å². The average Bonchev–Trinajstić information content (AvgIpc) is 1.99. The molecule has 0 amide bonds. The Morgan fingerprint density at radius 3 is 2.82 bits per heavy atom. The van der Waals surface area contributed by atoms with E-state index in [1.54, 1.807) is 6.92 Å². The molecule has 4 heteroatoms. The van der Waals surface area contributed by atoms with Gasteiger partial charge in [0, 0.05) is 24.0 Å². The zero-order chi connectivity index (χ0) is 8.43. The second-order valence-corrected chi connectivity index (χ2v) is 2.31.